The molecule has 0 aliphatic carbocycles. The average Bonchev–Trinajstić information content (AvgIpc) is 3.25. The van der Waals surface area contributed by atoms with Gasteiger partial charge in [-0.15, -0.1) is 16.4 Å². The number of aryl methyl sites for hydroxylation is 1. The summed E-state index contributed by atoms with van der Waals surface area (Å²) < 4.78 is 19.4. The summed E-state index contributed by atoms with van der Waals surface area (Å²) in [6, 6.07) is 13.5. The molecule has 27 heavy (non-hydrogen) atoms. The molecule has 4 aromatic rings. The normalized spacial score (nSPS) is 10.9. The van der Waals surface area contributed by atoms with E-state index in [9.17, 15) is 9.18 Å². The summed E-state index contributed by atoms with van der Waals surface area (Å²) in [5, 5.41) is 10.0. The molecule has 0 aliphatic rings. The largest absolute Gasteiger partial charge is 0.437 e. The molecule has 0 unspecified atom stereocenters. The molecule has 0 atom stereocenters. The molecule has 8 heteroatoms. The van der Waals surface area contributed by atoms with E-state index in [1.165, 1.54) is 40.3 Å². The van der Waals surface area contributed by atoms with Crippen molar-refractivity contribution in [2.24, 2.45) is 0 Å². The molecule has 0 saturated heterocycles. The van der Waals surface area contributed by atoms with Crippen LogP contribution in [0.5, 0.6) is 0 Å². The second-order valence-electron chi connectivity index (χ2n) is 5.92. The van der Waals surface area contributed by atoms with Crippen LogP contribution in [0.4, 0.5) is 15.2 Å². The molecule has 0 spiro atoms. The molecule has 2 aromatic heterocycles. The fourth-order valence-electron chi connectivity index (χ4n) is 2.53. The molecule has 136 valence electrons. The number of hydrogen-bond donors (Lipinski definition) is 1. The van der Waals surface area contributed by atoms with Gasteiger partial charge in [0.1, 0.15) is 5.82 Å². The van der Waals surface area contributed by atoms with Crippen LogP contribution in [0.2, 0.25) is 0 Å². The molecular weight excluding hydrogens is 367 g/mol. The van der Waals surface area contributed by atoms with Gasteiger partial charge in [-0.1, -0.05) is 18.2 Å². The number of para-hydroxylation sites is 1. The van der Waals surface area contributed by atoms with Gasteiger partial charge in [-0.2, -0.15) is 4.68 Å². The molecule has 2 aromatic carbocycles. The summed E-state index contributed by atoms with van der Waals surface area (Å²) in [5.41, 5.74) is 3.33. The van der Waals surface area contributed by atoms with E-state index in [1.54, 1.807) is 0 Å². The minimum atomic E-state index is -0.587. The number of nitrogens with one attached hydrogen (secondary N) is 1. The molecule has 0 bridgehead atoms. The van der Waals surface area contributed by atoms with E-state index in [0.29, 0.717) is 11.3 Å². The first-order valence-corrected chi connectivity index (χ1v) is 9.07. The van der Waals surface area contributed by atoms with Crippen molar-refractivity contribution in [3.8, 4) is 11.5 Å². The van der Waals surface area contributed by atoms with Crippen LogP contribution < -0.4 is 11.1 Å². The number of halogens is 1. The van der Waals surface area contributed by atoms with Crippen LogP contribution in [0, 0.1) is 12.7 Å². The van der Waals surface area contributed by atoms with Gasteiger partial charge in [-0.3, -0.25) is 0 Å². The number of nitrogens with zero attached hydrogens (tertiary/aromatic N) is 3. The van der Waals surface area contributed by atoms with Crippen molar-refractivity contribution >= 4 is 22.2 Å². The highest BCUT2D eigenvalue weighted by atomic mass is 32.1. The Labute approximate surface area is 157 Å². The van der Waals surface area contributed by atoms with Crippen LogP contribution in [-0.2, 0) is 6.54 Å². The lowest BCUT2D eigenvalue weighted by molar-refractivity contribution is 0.493. The third kappa shape index (κ3) is 3.80. The predicted octanol–water partition coefficient (Wildman–Crippen LogP) is 4.20. The molecule has 4 rings (SSSR count). The first kappa shape index (κ1) is 17.2. The minimum absolute atomic E-state index is 0.147. The van der Waals surface area contributed by atoms with E-state index in [0.717, 1.165) is 16.4 Å². The summed E-state index contributed by atoms with van der Waals surface area (Å²) in [6.45, 7) is 2.21. The Kier molecular flexibility index (Phi) is 4.55. The Bertz CT molecular complexity index is 1130. The first-order chi connectivity index (χ1) is 13.1. The van der Waals surface area contributed by atoms with Gasteiger partial charge < -0.3 is 9.73 Å². The van der Waals surface area contributed by atoms with E-state index in [2.05, 4.69) is 15.4 Å². The van der Waals surface area contributed by atoms with E-state index in [1.807, 2.05) is 36.6 Å². The second-order valence-corrected chi connectivity index (χ2v) is 6.78. The fraction of sp³-hybridized carbons (Fsp3) is 0.105. The number of anilines is 2. The van der Waals surface area contributed by atoms with Crippen molar-refractivity contribution in [1.82, 2.24) is 14.8 Å². The lowest BCUT2D eigenvalue weighted by Crippen LogP contribution is -2.16. The van der Waals surface area contributed by atoms with E-state index < -0.39 is 5.76 Å². The zero-order chi connectivity index (χ0) is 18.8. The summed E-state index contributed by atoms with van der Waals surface area (Å²) in [6.07, 6.45) is 0. The van der Waals surface area contributed by atoms with Gasteiger partial charge in [0.25, 0.3) is 0 Å². The number of hydrogen-bond acceptors (Lipinski definition) is 6. The van der Waals surface area contributed by atoms with Crippen molar-refractivity contribution in [3.05, 3.63) is 81.5 Å². The second kappa shape index (κ2) is 7.16. The zero-order valence-corrected chi connectivity index (χ0v) is 15.2. The first-order valence-electron chi connectivity index (χ1n) is 8.19. The summed E-state index contributed by atoms with van der Waals surface area (Å²) in [4.78, 5) is 16.5. The van der Waals surface area contributed by atoms with Crippen molar-refractivity contribution in [3.63, 3.8) is 0 Å². The lowest BCUT2D eigenvalue weighted by Gasteiger charge is -2.05. The van der Waals surface area contributed by atoms with Crippen molar-refractivity contribution < 1.29 is 8.81 Å². The van der Waals surface area contributed by atoms with Crippen LogP contribution in [0.3, 0.4) is 0 Å². The van der Waals surface area contributed by atoms with Crippen LogP contribution in [0.25, 0.3) is 11.5 Å². The molecular formula is C19H15FN4O2S. The monoisotopic (exact) mass is 382 g/mol. The third-order valence-corrected chi connectivity index (χ3v) is 4.75. The summed E-state index contributed by atoms with van der Waals surface area (Å²) >= 11 is 1.45. The maximum Gasteiger partial charge on any atom is 0.437 e. The highest BCUT2D eigenvalue weighted by molar-refractivity contribution is 7.13. The van der Waals surface area contributed by atoms with E-state index in [4.69, 9.17) is 4.42 Å². The van der Waals surface area contributed by atoms with Crippen LogP contribution in [-0.4, -0.2) is 14.8 Å². The maximum atomic E-state index is 13.0. The van der Waals surface area contributed by atoms with Crippen molar-refractivity contribution in [2.45, 2.75) is 13.5 Å². The molecule has 0 fully saturated rings. The molecule has 0 amide bonds. The molecule has 0 aliphatic heterocycles. The smallest absolute Gasteiger partial charge is 0.388 e. The Balaban J connectivity index is 1.52. The van der Waals surface area contributed by atoms with Gasteiger partial charge >= 0.3 is 5.76 Å². The van der Waals surface area contributed by atoms with Gasteiger partial charge in [0.15, 0.2) is 5.13 Å². The Hall–Kier alpha value is -3.26. The molecule has 0 radical (unpaired) electrons. The predicted molar refractivity (Wildman–Crippen MR) is 102 cm³/mol. The van der Waals surface area contributed by atoms with Gasteiger partial charge in [0, 0.05) is 16.6 Å². The highest BCUT2D eigenvalue weighted by Gasteiger charge is 2.12. The number of rotatable bonds is 5. The minimum Gasteiger partial charge on any atom is -0.388 e. The van der Waals surface area contributed by atoms with Gasteiger partial charge in [-0.05, 0) is 42.8 Å². The topological polar surface area (TPSA) is 73.0 Å². The molecule has 2 heterocycles. The molecule has 6 nitrogen and oxygen atoms in total. The summed E-state index contributed by atoms with van der Waals surface area (Å²) in [7, 11) is 0. The Morgan fingerprint density at radius 2 is 1.96 bits per heavy atom. The number of aromatic nitrogens is 3. The molecule has 1 N–H and O–H groups in total. The standard InChI is InChI=1S/C19H15FN4O2S/c1-12-4-2-3-5-16(12)22-18-21-15(11-27-18)10-24-19(25)26-17(23-24)13-6-8-14(20)9-7-13/h2-9,11H,10H2,1H3,(H,21,22). The Morgan fingerprint density at radius 1 is 1.19 bits per heavy atom. The van der Waals surface area contributed by atoms with Gasteiger partial charge in [-0.25, -0.2) is 14.2 Å². The quantitative estimate of drug-likeness (QED) is 0.560. The Morgan fingerprint density at radius 3 is 2.74 bits per heavy atom. The van der Waals surface area contributed by atoms with E-state index in [-0.39, 0.29) is 18.3 Å². The van der Waals surface area contributed by atoms with E-state index >= 15 is 0 Å². The number of benzene rings is 2. The third-order valence-electron chi connectivity index (χ3n) is 3.95. The zero-order valence-electron chi connectivity index (χ0n) is 14.3. The average molecular weight is 382 g/mol. The SMILES string of the molecule is Cc1ccccc1Nc1nc(Cn2nc(-c3ccc(F)cc3)oc2=O)cs1. The summed E-state index contributed by atoms with van der Waals surface area (Å²) in [5.74, 6) is -0.805. The van der Waals surface area contributed by atoms with Crippen LogP contribution in [0.1, 0.15) is 11.3 Å². The van der Waals surface area contributed by atoms with Crippen LogP contribution in [0.15, 0.2) is 63.1 Å². The fourth-order valence-corrected chi connectivity index (χ4v) is 3.25. The van der Waals surface area contributed by atoms with Crippen LogP contribution >= 0.6 is 11.3 Å². The van der Waals surface area contributed by atoms with Crippen molar-refractivity contribution in [2.75, 3.05) is 5.32 Å². The number of thiazole rings is 1. The lowest BCUT2D eigenvalue weighted by atomic mass is 10.2. The maximum absolute atomic E-state index is 13.0. The van der Waals surface area contributed by atoms with Gasteiger partial charge in [0.2, 0.25) is 5.89 Å². The molecule has 0 saturated carbocycles. The van der Waals surface area contributed by atoms with Crippen molar-refractivity contribution in [1.29, 1.82) is 0 Å². The highest BCUT2D eigenvalue weighted by Crippen LogP contribution is 2.23. The van der Waals surface area contributed by atoms with Gasteiger partial charge in [0.05, 0.1) is 12.2 Å².